The molecule has 0 aromatic heterocycles. The van der Waals surface area contributed by atoms with Crippen molar-refractivity contribution in [2.24, 2.45) is 16.7 Å². The van der Waals surface area contributed by atoms with Gasteiger partial charge in [0.15, 0.2) is 0 Å². The predicted octanol–water partition coefficient (Wildman–Crippen LogP) is 4.73. The van der Waals surface area contributed by atoms with Gasteiger partial charge in [-0.05, 0) is 41.8 Å². The third kappa shape index (κ3) is 9.80. The molecule has 0 bridgehead atoms. The van der Waals surface area contributed by atoms with Crippen molar-refractivity contribution in [1.82, 2.24) is 0 Å². The van der Waals surface area contributed by atoms with Crippen LogP contribution in [-0.4, -0.2) is 33.4 Å². The van der Waals surface area contributed by atoms with E-state index in [2.05, 4.69) is 55.4 Å². The zero-order valence-electron chi connectivity index (χ0n) is 15.4. The van der Waals surface area contributed by atoms with Gasteiger partial charge in [0.05, 0.1) is 12.2 Å². The Labute approximate surface area is 137 Å². The molecule has 21 heavy (non-hydrogen) atoms. The molecule has 0 aliphatic carbocycles. The average molecular weight is 319 g/mol. The molecular formula is C18H38O2S. The van der Waals surface area contributed by atoms with Crippen LogP contribution in [0.3, 0.4) is 0 Å². The number of rotatable bonds is 8. The maximum absolute atomic E-state index is 10.3. The Kier molecular flexibility index (Phi) is 8.90. The fraction of sp³-hybridized carbons (Fsp3) is 1.00. The molecule has 128 valence electrons. The van der Waals surface area contributed by atoms with E-state index in [1.165, 1.54) is 0 Å². The Bertz CT molecular complexity index is 278. The summed E-state index contributed by atoms with van der Waals surface area (Å²) < 4.78 is 0. The second kappa shape index (κ2) is 8.79. The van der Waals surface area contributed by atoms with E-state index in [-0.39, 0.29) is 23.0 Å². The summed E-state index contributed by atoms with van der Waals surface area (Å²) in [5.74, 6) is 1.27. The Morgan fingerprint density at radius 1 is 1.00 bits per heavy atom. The zero-order chi connectivity index (χ0) is 16.8. The van der Waals surface area contributed by atoms with E-state index in [1.54, 1.807) is 0 Å². The maximum Gasteiger partial charge on any atom is 0.0599 e. The smallest absolute Gasteiger partial charge is 0.0599 e. The lowest BCUT2D eigenvalue weighted by atomic mass is 9.85. The van der Waals surface area contributed by atoms with E-state index in [4.69, 9.17) is 0 Å². The van der Waals surface area contributed by atoms with Crippen LogP contribution < -0.4 is 0 Å². The molecule has 0 radical (unpaired) electrons. The summed E-state index contributed by atoms with van der Waals surface area (Å²) in [6.07, 6.45) is 2.26. The highest BCUT2D eigenvalue weighted by molar-refractivity contribution is 7.99. The number of aliphatic hydroxyl groups is 2. The van der Waals surface area contributed by atoms with Gasteiger partial charge in [0.25, 0.3) is 0 Å². The van der Waals surface area contributed by atoms with Gasteiger partial charge >= 0.3 is 0 Å². The van der Waals surface area contributed by atoms with Gasteiger partial charge in [0, 0.05) is 5.25 Å². The molecule has 0 rings (SSSR count). The van der Waals surface area contributed by atoms with Crippen LogP contribution in [-0.2, 0) is 0 Å². The molecule has 0 aliphatic rings. The third-order valence-electron chi connectivity index (χ3n) is 4.01. The quantitative estimate of drug-likeness (QED) is 0.680. The van der Waals surface area contributed by atoms with E-state index in [0.717, 1.165) is 25.0 Å². The SMILES string of the molecule is CCC(CC(O)C(C)(C)C)SCC(C)C(O)CC(C)(C)C. The van der Waals surface area contributed by atoms with E-state index in [9.17, 15) is 10.2 Å². The second-order valence-corrected chi connectivity index (χ2v) is 10.1. The number of hydrogen-bond donors (Lipinski definition) is 2. The van der Waals surface area contributed by atoms with Crippen molar-refractivity contribution in [3.63, 3.8) is 0 Å². The van der Waals surface area contributed by atoms with Crippen LogP contribution >= 0.6 is 11.8 Å². The topological polar surface area (TPSA) is 40.5 Å². The standard InChI is InChI=1S/C18H38O2S/c1-9-14(10-16(20)18(6,7)8)21-12-13(2)15(19)11-17(3,4)5/h13-16,19-20H,9-12H2,1-8H3. The summed E-state index contributed by atoms with van der Waals surface area (Å²) in [4.78, 5) is 0. The normalized spacial score (nSPS) is 19.1. The van der Waals surface area contributed by atoms with Crippen molar-refractivity contribution in [3.05, 3.63) is 0 Å². The minimum absolute atomic E-state index is 0.0503. The van der Waals surface area contributed by atoms with Crippen LogP contribution in [0.5, 0.6) is 0 Å². The van der Waals surface area contributed by atoms with E-state index in [0.29, 0.717) is 11.2 Å². The van der Waals surface area contributed by atoms with E-state index in [1.807, 2.05) is 11.8 Å². The molecule has 0 aromatic carbocycles. The number of hydrogen-bond acceptors (Lipinski definition) is 3. The lowest BCUT2D eigenvalue weighted by molar-refractivity contribution is 0.0550. The minimum atomic E-state index is -0.259. The van der Waals surface area contributed by atoms with Gasteiger partial charge in [-0.1, -0.05) is 55.4 Å². The molecular weight excluding hydrogens is 280 g/mol. The van der Waals surface area contributed by atoms with Crippen LogP contribution in [0.4, 0.5) is 0 Å². The van der Waals surface area contributed by atoms with Crippen molar-refractivity contribution in [2.45, 2.75) is 92.1 Å². The first-order valence-electron chi connectivity index (χ1n) is 8.34. The molecule has 2 N–H and O–H groups in total. The van der Waals surface area contributed by atoms with Crippen LogP contribution in [0, 0.1) is 16.7 Å². The zero-order valence-corrected chi connectivity index (χ0v) is 16.3. The molecule has 0 heterocycles. The largest absolute Gasteiger partial charge is 0.393 e. The monoisotopic (exact) mass is 318 g/mol. The first-order chi connectivity index (χ1) is 9.36. The molecule has 3 heteroatoms. The van der Waals surface area contributed by atoms with Crippen molar-refractivity contribution in [3.8, 4) is 0 Å². The number of aliphatic hydroxyl groups excluding tert-OH is 2. The molecule has 0 fully saturated rings. The Morgan fingerprint density at radius 3 is 1.90 bits per heavy atom. The first kappa shape index (κ1) is 21.3. The summed E-state index contributed by atoms with van der Waals surface area (Å²) in [6, 6.07) is 0. The summed E-state index contributed by atoms with van der Waals surface area (Å²) >= 11 is 1.91. The van der Waals surface area contributed by atoms with Crippen molar-refractivity contribution < 1.29 is 10.2 Å². The summed E-state index contributed by atoms with van der Waals surface area (Å²) in [5, 5.41) is 21.0. The van der Waals surface area contributed by atoms with Crippen LogP contribution in [0.25, 0.3) is 0 Å². The Hall–Kier alpha value is 0.270. The summed E-state index contributed by atoms with van der Waals surface area (Å²) in [7, 11) is 0. The lowest BCUT2D eigenvalue weighted by Gasteiger charge is -2.30. The van der Waals surface area contributed by atoms with Gasteiger partial charge in [0.1, 0.15) is 0 Å². The molecule has 4 atom stereocenters. The molecule has 0 aromatic rings. The molecule has 0 saturated heterocycles. The first-order valence-corrected chi connectivity index (χ1v) is 9.39. The van der Waals surface area contributed by atoms with Gasteiger partial charge in [-0.3, -0.25) is 0 Å². The van der Waals surface area contributed by atoms with Crippen molar-refractivity contribution >= 4 is 11.8 Å². The predicted molar refractivity (Wildman–Crippen MR) is 95.9 cm³/mol. The summed E-state index contributed by atoms with van der Waals surface area (Å²) in [6.45, 7) is 17.1. The van der Waals surface area contributed by atoms with Gasteiger partial charge < -0.3 is 10.2 Å². The molecule has 4 unspecified atom stereocenters. The van der Waals surface area contributed by atoms with E-state index >= 15 is 0 Å². The highest BCUT2D eigenvalue weighted by atomic mass is 32.2. The highest BCUT2D eigenvalue weighted by Crippen LogP contribution is 2.31. The van der Waals surface area contributed by atoms with Gasteiger partial charge in [-0.15, -0.1) is 0 Å². The maximum atomic E-state index is 10.3. The molecule has 0 aliphatic heterocycles. The van der Waals surface area contributed by atoms with Crippen LogP contribution in [0.2, 0.25) is 0 Å². The molecule has 0 amide bonds. The number of thioether (sulfide) groups is 1. The van der Waals surface area contributed by atoms with Crippen molar-refractivity contribution in [2.75, 3.05) is 5.75 Å². The minimum Gasteiger partial charge on any atom is -0.393 e. The Morgan fingerprint density at radius 2 is 1.52 bits per heavy atom. The van der Waals surface area contributed by atoms with Crippen LogP contribution in [0.15, 0.2) is 0 Å². The summed E-state index contributed by atoms with van der Waals surface area (Å²) in [5.41, 5.74) is 0.121. The molecule has 2 nitrogen and oxygen atoms in total. The average Bonchev–Trinajstić information content (AvgIpc) is 2.30. The Balaban J connectivity index is 4.27. The third-order valence-corrected chi connectivity index (χ3v) is 5.73. The van der Waals surface area contributed by atoms with E-state index < -0.39 is 0 Å². The van der Waals surface area contributed by atoms with Crippen molar-refractivity contribution in [1.29, 1.82) is 0 Å². The second-order valence-electron chi connectivity index (χ2n) is 8.79. The fourth-order valence-electron chi connectivity index (χ4n) is 2.18. The lowest BCUT2D eigenvalue weighted by Crippen LogP contribution is -2.30. The van der Waals surface area contributed by atoms with Gasteiger partial charge in [-0.2, -0.15) is 11.8 Å². The van der Waals surface area contributed by atoms with Gasteiger partial charge in [0.2, 0.25) is 0 Å². The molecule has 0 spiro atoms. The van der Waals surface area contributed by atoms with Crippen LogP contribution in [0.1, 0.15) is 74.7 Å². The fourth-order valence-corrected chi connectivity index (χ4v) is 3.53. The highest BCUT2D eigenvalue weighted by Gasteiger charge is 2.26. The molecule has 0 saturated carbocycles. The van der Waals surface area contributed by atoms with Gasteiger partial charge in [-0.25, -0.2) is 0 Å².